The number of rotatable bonds is 12. The Morgan fingerprint density at radius 2 is 1.17 bits per heavy atom. The summed E-state index contributed by atoms with van der Waals surface area (Å²) in [4.78, 5) is 103. The van der Waals surface area contributed by atoms with E-state index in [1.165, 1.54) is 27.4 Å². The molecule has 5 amide bonds. The minimum atomic E-state index is -0.726. The third kappa shape index (κ3) is 6.28. The number of H-pyrrole nitrogens is 2. The predicted octanol–water partition coefficient (Wildman–Crippen LogP) is 1.50. The minimum Gasteiger partial charge on any atom is -0.408 e. The number of hydrogen-bond acceptors (Lipinski definition) is 14. The van der Waals surface area contributed by atoms with E-state index in [-0.39, 0.29) is 58.6 Å². The highest BCUT2D eigenvalue weighted by molar-refractivity contribution is 6.00. The van der Waals surface area contributed by atoms with Crippen molar-refractivity contribution < 1.29 is 32.8 Å². The summed E-state index contributed by atoms with van der Waals surface area (Å²) < 4.78 is 12.8. The van der Waals surface area contributed by atoms with Crippen molar-refractivity contribution >= 4 is 63.0 Å². The zero-order valence-corrected chi connectivity index (χ0v) is 38.5. The Morgan fingerprint density at radius 1 is 0.667 bits per heavy atom. The molecule has 1 atom stereocenters. The lowest BCUT2D eigenvalue weighted by Gasteiger charge is -3.11. The molecule has 0 spiro atoms. The molecule has 6 saturated carbocycles. The number of nitrogens with zero attached hydrogens (tertiary/aromatic N) is 7. The monoisotopic (exact) mass is 974 g/mol. The van der Waals surface area contributed by atoms with Gasteiger partial charge >= 0.3 is 11.5 Å². The number of nitrogens with one attached hydrogen (secondary N) is 6. The smallest absolute Gasteiger partial charge is 0.408 e. The average molecular weight is 975 g/mol. The van der Waals surface area contributed by atoms with Crippen LogP contribution in [0.3, 0.4) is 0 Å². The zero-order chi connectivity index (χ0) is 49.4. The average Bonchev–Trinajstić information content (AvgIpc) is 4.22. The van der Waals surface area contributed by atoms with Crippen molar-refractivity contribution in [1.29, 1.82) is 0 Å². The maximum absolute atomic E-state index is 13.2. The van der Waals surface area contributed by atoms with Crippen LogP contribution in [0.25, 0.3) is 33.5 Å². The molecular formula is C49H46N14O9. The molecule has 1 saturated heterocycles. The fraction of sp³-hybridized carbons (Fsp3) is 0.367. The summed E-state index contributed by atoms with van der Waals surface area (Å²) in [6.07, 6.45) is 6.04. The molecule has 0 bridgehead atoms. The number of aromatic nitrogens is 8. The van der Waals surface area contributed by atoms with Gasteiger partial charge in [-0.15, -0.1) is 0 Å². The highest BCUT2D eigenvalue weighted by Gasteiger charge is 3.08. The number of aromatic amines is 2. The number of hydrogen-bond donors (Lipinski definition) is 7. The summed E-state index contributed by atoms with van der Waals surface area (Å²) in [5.74, 6) is 1.25. The maximum atomic E-state index is 13.2. The molecule has 7 heterocycles. The molecule has 0 unspecified atom stereocenters. The van der Waals surface area contributed by atoms with Gasteiger partial charge in [0, 0.05) is 62.5 Å². The molecule has 2 aromatic carbocycles. The van der Waals surface area contributed by atoms with Gasteiger partial charge < -0.3 is 40.7 Å². The van der Waals surface area contributed by atoms with Crippen LogP contribution in [0.2, 0.25) is 0 Å². The highest BCUT2D eigenvalue weighted by Crippen LogP contribution is 3.06. The van der Waals surface area contributed by atoms with Crippen LogP contribution >= 0.6 is 0 Å². The zero-order valence-electron chi connectivity index (χ0n) is 38.5. The highest BCUT2D eigenvalue weighted by atomic mass is 16.4. The van der Waals surface area contributed by atoms with Crippen LogP contribution in [0.15, 0.2) is 91.5 Å². The van der Waals surface area contributed by atoms with E-state index < -0.39 is 35.3 Å². The van der Waals surface area contributed by atoms with Crippen LogP contribution in [0.5, 0.6) is 0 Å². The predicted molar refractivity (Wildman–Crippen MR) is 252 cm³/mol. The van der Waals surface area contributed by atoms with Crippen molar-refractivity contribution in [1.82, 2.24) is 65.3 Å². The van der Waals surface area contributed by atoms with Crippen LogP contribution in [-0.2, 0) is 17.9 Å². The molecule has 7 fully saturated rings. The van der Waals surface area contributed by atoms with Crippen LogP contribution in [0.1, 0.15) is 79.3 Å². The van der Waals surface area contributed by atoms with Crippen LogP contribution in [0.4, 0.5) is 0 Å². The lowest BCUT2D eigenvalue weighted by molar-refractivity contribution is -0.617. The first kappa shape index (κ1) is 43.5. The van der Waals surface area contributed by atoms with Crippen molar-refractivity contribution in [3.63, 3.8) is 0 Å². The minimum absolute atomic E-state index is 0.0287. The van der Waals surface area contributed by atoms with Gasteiger partial charge in [0.1, 0.15) is 28.8 Å². The summed E-state index contributed by atoms with van der Waals surface area (Å²) in [7, 11) is 0. The summed E-state index contributed by atoms with van der Waals surface area (Å²) in [6.45, 7) is 4.06. The van der Waals surface area contributed by atoms with Gasteiger partial charge in [-0.25, -0.2) is 28.6 Å². The van der Waals surface area contributed by atoms with Gasteiger partial charge in [-0.2, -0.15) is 10.2 Å². The van der Waals surface area contributed by atoms with Crippen LogP contribution < -0.4 is 38.5 Å². The van der Waals surface area contributed by atoms with Gasteiger partial charge in [0.25, 0.3) is 23.6 Å². The number of piperidine rings is 1. The second kappa shape index (κ2) is 15.8. The van der Waals surface area contributed by atoms with Gasteiger partial charge in [-0.1, -0.05) is 12.1 Å². The molecule has 23 heteroatoms. The Hall–Kier alpha value is -8.47. The van der Waals surface area contributed by atoms with Crippen LogP contribution in [-0.4, -0.2) is 105 Å². The maximum Gasteiger partial charge on any atom is 0.417 e. The van der Waals surface area contributed by atoms with E-state index >= 15 is 0 Å². The van der Waals surface area contributed by atoms with E-state index in [0.717, 1.165) is 30.4 Å². The topological polar surface area (TPSA) is 315 Å². The number of benzene rings is 2. The lowest BCUT2D eigenvalue weighted by Crippen LogP contribution is -3.15. The number of carbonyl (C=O) groups excluding carboxylic acids is 5. The van der Waals surface area contributed by atoms with E-state index in [4.69, 9.17) is 14.6 Å². The van der Waals surface area contributed by atoms with Gasteiger partial charge in [0.05, 0.1) is 23.4 Å². The van der Waals surface area contributed by atoms with Crippen molar-refractivity contribution in [3.05, 3.63) is 128 Å². The molecule has 366 valence electrons. The summed E-state index contributed by atoms with van der Waals surface area (Å²) in [5.41, 5.74) is 11.7. The van der Waals surface area contributed by atoms with Crippen molar-refractivity contribution in [3.8, 4) is 0 Å². The van der Waals surface area contributed by atoms with E-state index in [1.54, 1.807) is 66.6 Å². The summed E-state index contributed by atoms with van der Waals surface area (Å²) in [6, 6.07) is 15.6. The van der Waals surface area contributed by atoms with Crippen molar-refractivity contribution in [2.75, 3.05) is 19.6 Å². The quantitative estimate of drug-likeness (QED) is 0.0913. The molecule has 6 aliphatic carbocycles. The number of oxazole rings is 2. The van der Waals surface area contributed by atoms with Crippen LogP contribution in [0, 0.1) is 40.9 Å². The largest absolute Gasteiger partial charge is 0.417 e. The van der Waals surface area contributed by atoms with Crippen molar-refractivity contribution in [2.24, 2.45) is 46.7 Å². The van der Waals surface area contributed by atoms with E-state index in [9.17, 15) is 33.6 Å². The van der Waals surface area contributed by atoms with Gasteiger partial charge in [-0.3, -0.25) is 33.9 Å². The van der Waals surface area contributed by atoms with E-state index in [0.29, 0.717) is 88.6 Å². The molecule has 72 heavy (non-hydrogen) atoms. The molecule has 15 rings (SSSR count). The standard InChI is InChI=1S/C25H21N7O4.C24H25N7O5/c26-25-18-15-19(25)17-20(25)16(18)24(15,17)8-28-22(34)12-6-11(30-14-3-4-29-32(12)14)21(33)27-7-9-1-2-13-10(5-9)31-23(35)36-13;1-14(23(34)30-9-3-2-4-10-30)27-22(33)18-12-17(28-20-7-8-26-31(18)20)21(32)25-13-15-5-6-19-16(11-15)29-24(35)36-19/h1-6,15-20H,7-8,26H2,(H,27,33)(H,28,34)(H,31,35);5-8,11-12,14H,2-4,9-10,13H2,1H3,(H,25,32)(H,27,33)(H,29,35)/t;14-/m.0/s1. The Labute approximate surface area is 405 Å². The third-order valence-corrected chi connectivity index (χ3v) is 16.4. The molecule has 6 aromatic heterocycles. The Bertz CT molecular complexity index is 3690. The van der Waals surface area contributed by atoms with E-state index in [2.05, 4.69) is 51.4 Å². The Balaban J connectivity index is 0.000000140. The summed E-state index contributed by atoms with van der Waals surface area (Å²) in [5, 5.41) is 19.8. The number of nitrogens with two attached hydrogens (primary N) is 1. The first-order valence-electron chi connectivity index (χ1n) is 24.0. The summed E-state index contributed by atoms with van der Waals surface area (Å²) >= 11 is 0. The second-order valence-electron chi connectivity index (χ2n) is 19.8. The Morgan fingerprint density at radius 3 is 1.68 bits per heavy atom. The molecule has 8 aromatic rings. The fourth-order valence-electron chi connectivity index (χ4n) is 13.4. The first-order chi connectivity index (χ1) is 34.8. The van der Waals surface area contributed by atoms with Gasteiger partial charge in [0.15, 0.2) is 22.5 Å². The third-order valence-electron chi connectivity index (χ3n) is 16.4. The molecule has 8 N–H and O–H groups in total. The number of fused-ring (bicyclic) bond motifs is 4. The second-order valence-corrected chi connectivity index (χ2v) is 19.8. The first-order valence-corrected chi connectivity index (χ1v) is 24.0. The number of likely N-dealkylation sites (tertiary alicyclic amines) is 1. The van der Waals surface area contributed by atoms with Crippen molar-refractivity contribution in [2.45, 2.75) is 50.9 Å². The molecule has 0 radical (unpaired) electrons. The van der Waals surface area contributed by atoms with Gasteiger partial charge in [0.2, 0.25) is 5.91 Å². The van der Waals surface area contributed by atoms with E-state index in [1.807, 2.05) is 0 Å². The lowest BCUT2D eigenvalue weighted by atomic mass is 8.94. The molecule has 7 aliphatic rings. The number of carbonyl (C=O) groups is 5. The molecular weight excluding hydrogens is 929 g/mol. The molecule has 23 nitrogen and oxygen atoms in total. The van der Waals surface area contributed by atoms with Gasteiger partial charge in [-0.05, 0) is 103 Å². The molecule has 1 aliphatic heterocycles. The Kier molecular flexibility index (Phi) is 9.54. The normalized spacial score (nSPS) is 25.9. The SMILES string of the molecule is C[C@H](NC(=O)c1cc(C(=O)NCc2ccc3oc(=O)[nH]c3c2)nc2ccnn12)C(=O)N1CCCCC1.NC12C3C4C1C1C2C3C41CNC(=O)c1cc(C(=O)NCc2ccc3oc(=O)[nH]c3c2)nc2ccnn12. The fourth-order valence-corrected chi connectivity index (χ4v) is 13.4. The number of amides is 5.